The Balaban J connectivity index is 1.65. The van der Waals surface area contributed by atoms with E-state index >= 15 is 0 Å². The van der Waals surface area contributed by atoms with Crippen molar-refractivity contribution < 1.29 is 9.21 Å². The zero-order valence-electron chi connectivity index (χ0n) is 12.8. The normalized spacial score (nSPS) is 15.2. The van der Waals surface area contributed by atoms with E-state index in [0.29, 0.717) is 24.5 Å². The van der Waals surface area contributed by atoms with E-state index in [-0.39, 0.29) is 5.91 Å². The largest absolute Gasteiger partial charge is 0.448 e. The number of rotatable bonds is 3. The van der Waals surface area contributed by atoms with E-state index in [0.717, 1.165) is 31.0 Å². The summed E-state index contributed by atoms with van der Waals surface area (Å²) in [7, 11) is 0. The number of hydrogen-bond donors (Lipinski definition) is 0. The van der Waals surface area contributed by atoms with E-state index < -0.39 is 0 Å². The van der Waals surface area contributed by atoms with E-state index in [9.17, 15) is 4.79 Å². The molecule has 0 aromatic carbocycles. The summed E-state index contributed by atoms with van der Waals surface area (Å²) in [6.45, 7) is 6.63. The predicted molar refractivity (Wildman–Crippen MR) is 80.8 cm³/mol. The number of aryl methyl sites for hydroxylation is 2. The number of oxazole rings is 1. The molecule has 1 saturated heterocycles. The van der Waals surface area contributed by atoms with Gasteiger partial charge in [-0.1, -0.05) is 6.92 Å². The first-order valence-corrected chi connectivity index (χ1v) is 7.44. The van der Waals surface area contributed by atoms with Crippen molar-refractivity contribution in [1.82, 2.24) is 19.9 Å². The van der Waals surface area contributed by atoms with Crippen LogP contribution in [0.4, 0.5) is 5.82 Å². The van der Waals surface area contributed by atoms with Crippen molar-refractivity contribution in [2.45, 2.75) is 20.3 Å². The molecule has 22 heavy (non-hydrogen) atoms. The van der Waals surface area contributed by atoms with E-state index in [1.54, 1.807) is 13.3 Å². The van der Waals surface area contributed by atoms with Gasteiger partial charge in [0.2, 0.25) is 0 Å². The van der Waals surface area contributed by atoms with Crippen LogP contribution in [0.15, 0.2) is 23.2 Å². The summed E-state index contributed by atoms with van der Waals surface area (Å²) in [4.78, 5) is 28.9. The van der Waals surface area contributed by atoms with Gasteiger partial charge in [0.1, 0.15) is 17.9 Å². The van der Waals surface area contributed by atoms with E-state index in [1.165, 1.54) is 6.39 Å². The maximum absolute atomic E-state index is 12.4. The van der Waals surface area contributed by atoms with Crippen LogP contribution in [-0.2, 0) is 6.42 Å². The quantitative estimate of drug-likeness (QED) is 0.850. The van der Waals surface area contributed by atoms with Gasteiger partial charge in [-0.15, -0.1) is 0 Å². The molecule has 2 aromatic rings. The molecule has 0 spiro atoms. The van der Waals surface area contributed by atoms with Crippen LogP contribution in [0.2, 0.25) is 0 Å². The first kappa shape index (κ1) is 14.5. The van der Waals surface area contributed by atoms with Crippen LogP contribution in [-0.4, -0.2) is 51.9 Å². The molecule has 1 fully saturated rings. The van der Waals surface area contributed by atoms with Crippen LogP contribution >= 0.6 is 0 Å². The number of nitrogens with zero attached hydrogens (tertiary/aromatic N) is 5. The molecule has 3 rings (SSSR count). The summed E-state index contributed by atoms with van der Waals surface area (Å²) in [6, 6.07) is 2.01. The average molecular weight is 301 g/mol. The Hall–Kier alpha value is -2.44. The molecule has 116 valence electrons. The maximum atomic E-state index is 12.4. The lowest BCUT2D eigenvalue weighted by Crippen LogP contribution is -2.49. The molecular weight excluding hydrogens is 282 g/mol. The third-order valence-corrected chi connectivity index (χ3v) is 3.91. The summed E-state index contributed by atoms with van der Waals surface area (Å²) >= 11 is 0. The zero-order chi connectivity index (χ0) is 15.5. The smallest absolute Gasteiger partial charge is 0.276 e. The van der Waals surface area contributed by atoms with Gasteiger partial charge in [-0.25, -0.2) is 15.0 Å². The van der Waals surface area contributed by atoms with Gasteiger partial charge in [-0.3, -0.25) is 4.79 Å². The number of hydrogen-bond acceptors (Lipinski definition) is 6. The molecule has 7 heteroatoms. The topological polar surface area (TPSA) is 75.4 Å². The third kappa shape index (κ3) is 2.79. The molecule has 3 heterocycles. The Labute approximate surface area is 129 Å². The van der Waals surface area contributed by atoms with Gasteiger partial charge in [0, 0.05) is 37.9 Å². The van der Waals surface area contributed by atoms with Gasteiger partial charge < -0.3 is 14.2 Å². The Bertz CT molecular complexity index is 661. The first-order valence-electron chi connectivity index (χ1n) is 7.44. The second kappa shape index (κ2) is 6.13. The fraction of sp³-hybridized carbons (Fsp3) is 0.467. The summed E-state index contributed by atoms with van der Waals surface area (Å²) in [6.07, 6.45) is 3.80. The molecule has 1 aliphatic rings. The van der Waals surface area contributed by atoms with Gasteiger partial charge in [-0.05, 0) is 13.3 Å². The second-order valence-electron chi connectivity index (χ2n) is 5.26. The van der Waals surface area contributed by atoms with Gasteiger partial charge >= 0.3 is 0 Å². The Kier molecular flexibility index (Phi) is 4.04. The van der Waals surface area contributed by atoms with Crippen molar-refractivity contribution in [3.63, 3.8) is 0 Å². The van der Waals surface area contributed by atoms with Crippen LogP contribution in [0.1, 0.15) is 28.9 Å². The number of carbonyl (C=O) groups excluding carboxylic acids is 1. The molecule has 0 aliphatic carbocycles. The number of anilines is 1. The number of carbonyl (C=O) groups is 1. The molecule has 2 aromatic heterocycles. The molecule has 7 nitrogen and oxygen atoms in total. The van der Waals surface area contributed by atoms with Crippen LogP contribution < -0.4 is 4.90 Å². The molecule has 1 amide bonds. The Morgan fingerprint density at radius 1 is 1.23 bits per heavy atom. The third-order valence-electron chi connectivity index (χ3n) is 3.91. The lowest BCUT2D eigenvalue weighted by Gasteiger charge is -2.35. The number of aromatic nitrogens is 3. The molecule has 0 unspecified atom stereocenters. The molecule has 0 saturated carbocycles. The first-order chi connectivity index (χ1) is 10.7. The molecule has 0 atom stereocenters. The highest BCUT2D eigenvalue weighted by Gasteiger charge is 2.25. The van der Waals surface area contributed by atoms with E-state index in [2.05, 4.69) is 26.8 Å². The van der Waals surface area contributed by atoms with Crippen molar-refractivity contribution in [1.29, 1.82) is 0 Å². The summed E-state index contributed by atoms with van der Waals surface area (Å²) < 4.78 is 5.11. The minimum atomic E-state index is -0.0668. The predicted octanol–water partition coefficient (Wildman–Crippen LogP) is 1.30. The minimum Gasteiger partial charge on any atom is -0.448 e. The van der Waals surface area contributed by atoms with E-state index in [1.807, 2.05) is 11.0 Å². The second-order valence-corrected chi connectivity index (χ2v) is 5.26. The lowest BCUT2D eigenvalue weighted by atomic mass is 10.2. The van der Waals surface area contributed by atoms with Crippen molar-refractivity contribution >= 4 is 11.7 Å². The highest BCUT2D eigenvalue weighted by molar-refractivity contribution is 5.93. The molecular formula is C15H19N5O2. The summed E-state index contributed by atoms with van der Waals surface area (Å²) in [5.41, 5.74) is 1.44. The Morgan fingerprint density at radius 3 is 2.64 bits per heavy atom. The Morgan fingerprint density at radius 2 is 2.00 bits per heavy atom. The van der Waals surface area contributed by atoms with Gasteiger partial charge in [-0.2, -0.15) is 0 Å². The summed E-state index contributed by atoms with van der Waals surface area (Å²) in [5, 5.41) is 0. The minimum absolute atomic E-state index is 0.0668. The van der Waals surface area contributed by atoms with Crippen LogP contribution in [0.5, 0.6) is 0 Å². The summed E-state index contributed by atoms with van der Waals surface area (Å²) in [5.74, 6) is 1.43. The maximum Gasteiger partial charge on any atom is 0.276 e. The fourth-order valence-electron chi connectivity index (χ4n) is 2.55. The SMILES string of the molecule is CCc1cc(N2CCN(C(=O)c3ncoc3C)CC2)ncn1. The standard InChI is InChI=1S/C15H19N5O2/c1-3-12-8-13(17-9-16-12)19-4-6-20(7-5-19)15(21)14-11(2)22-10-18-14/h8-10H,3-7H2,1-2H3. The molecule has 0 bridgehead atoms. The molecule has 1 aliphatic heterocycles. The van der Waals surface area contributed by atoms with Crippen molar-refractivity contribution in [2.24, 2.45) is 0 Å². The van der Waals surface area contributed by atoms with Crippen LogP contribution in [0.25, 0.3) is 0 Å². The zero-order valence-corrected chi connectivity index (χ0v) is 12.8. The van der Waals surface area contributed by atoms with Crippen LogP contribution in [0.3, 0.4) is 0 Å². The van der Waals surface area contributed by atoms with Gasteiger partial charge in [0.15, 0.2) is 12.1 Å². The van der Waals surface area contributed by atoms with Crippen molar-refractivity contribution in [3.8, 4) is 0 Å². The fourth-order valence-corrected chi connectivity index (χ4v) is 2.55. The van der Waals surface area contributed by atoms with Crippen molar-refractivity contribution in [2.75, 3.05) is 31.1 Å². The van der Waals surface area contributed by atoms with Crippen LogP contribution in [0, 0.1) is 6.92 Å². The highest BCUT2D eigenvalue weighted by atomic mass is 16.3. The van der Waals surface area contributed by atoms with E-state index in [4.69, 9.17) is 4.42 Å². The molecule has 0 radical (unpaired) electrons. The monoisotopic (exact) mass is 301 g/mol. The number of amides is 1. The lowest BCUT2D eigenvalue weighted by molar-refractivity contribution is 0.0739. The number of piperazine rings is 1. The highest BCUT2D eigenvalue weighted by Crippen LogP contribution is 2.16. The van der Waals surface area contributed by atoms with Gasteiger partial charge in [0.25, 0.3) is 5.91 Å². The average Bonchev–Trinajstić information content (AvgIpc) is 3.00. The van der Waals surface area contributed by atoms with Gasteiger partial charge in [0.05, 0.1) is 0 Å². The molecule has 0 N–H and O–H groups in total. The van der Waals surface area contributed by atoms with Crippen molar-refractivity contribution in [3.05, 3.63) is 35.9 Å².